The van der Waals surface area contributed by atoms with Gasteiger partial charge in [0.2, 0.25) is 0 Å². The number of ether oxygens (including phenoxy) is 2. The third-order valence-corrected chi connectivity index (χ3v) is 26.5. The van der Waals surface area contributed by atoms with Crippen molar-refractivity contribution in [2.75, 3.05) is 0 Å². The Kier molecular flexibility index (Phi) is 16.5. The number of halogens is 1. The van der Waals surface area contributed by atoms with E-state index >= 15 is 0 Å². The molecule has 13 rings (SSSR count). The molecule has 11 N–H and O–H groups in total. The van der Waals surface area contributed by atoms with E-state index in [0.29, 0.717) is 52.4 Å². The second-order valence-corrected chi connectivity index (χ2v) is 30.8. The van der Waals surface area contributed by atoms with Crippen molar-refractivity contribution in [2.45, 2.75) is 265 Å². The predicted molar refractivity (Wildman–Crippen MR) is 307 cm³/mol. The molecule has 25 atom stereocenters. The number of hydrogen-bond acceptors (Lipinski definition) is 10. The maximum absolute atomic E-state index is 11.0. The van der Waals surface area contributed by atoms with Crippen LogP contribution in [0, 0.1) is 97.6 Å². The summed E-state index contributed by atoms with van der Waals surface area (Å²) in [6.45, 7) is 31.0. The van der Waals surface area contributed by atoms with Crippen molar-refractivity contribution in [3.8, 4) is 0 Å². The van der Waals surface area contributed by atoms with Crippen LogP contribution >= 0.6 is 12.4 Å². The molecule has 11 nitrogen and oxygen atoms in total. The van der Waals surface area contributed by atoms with E-state index in [1.807, 2.05) is 0 Å². The molecule has 10 saturated carbocycles. The van der Waals surface area contributed by atoms with Crippen LogP contribution in [-0.4, -0.2) is 92.0 Å². The maximum Gasteiger partial charge on any atom is 0.300 e. The Morgan fingerprint density at radius 3 is 1.43 bits per heavy atom. The number of fused-ring (bicyclic) bond motifs is 17. The van der Waals surface area contributed by atoms with Gasteiger partial charge in [-0.25, -0.2) is 0 Å². The summed E-state index contributed by atoms with van der Waals surface area (Å²) in [5.74, 6) is 3.63. The Hall–Kier alpha value is -1.38. The second-order valence-electron chi connectivity index (χ2n) is 30.8. The number of carbonyl (C=O) groups is 1. The highest BCUT2D eigenvalue weighted by Crippen LogP contribution is 2.71. The molecule has 1 heterocycles. The lowest BCUT2D eigenvalue weighted by Gasteiger charge is -2.63. The number of carboxylic acid groups (broad SMARTS) is 1. The number of nitrogens with two attached hydrogens (primary N) is 3. The van der Waals surface area contributed by atoms with Gasteiger partial charge in [-0.2, -0.15) is 0 Å². The molecule has 0 amide bonds. The molecule has 13 aliphatic rings. The molecule has 0 aromatic rings. The molecule has 11 fully saturated rings. The standard InChI is InChI=1S/C23H37NO2.2C20H33NO2.C2H4O2.ClH/c1-13-6-7-15-18-16(9-11-22(13,15)4)23(5)10-8-14(24)12-17(23)19-20(18)26-21(2,3)25-19;1-19(2)8-7-12-13(19)4-5-14-16(12)18(23)17(22)15-10-11(21)6-9-20(14,15)3;1-11-4-5-13-16-14(7-9-19(11,13)2)20(3)8-6-12(21)10-15(20)17(22)18(16)23;1-2(3)4;/h14-20H,1,6-12,24H2,2-5H3;11,14-18,22-23H,4-10,21H2,1-3H3;12-18,22-23H,1,4-10,21H2,2-3H3;1H3,(H,3,4);1H/t14-,15?,16?,17?,18?,19+,20+,22+,23+;11-,14?,15?,16?,17+,18+,20+;12-,13?,14?,15?,16?,17+,18+,19+,20+;;/m000../s1. The van der Waals surface area contributed by atoms with Crippen LogP contribution in [0.15, 0.2) is 35.5 Å². The van der Waals surface area contributed by atoms with E-state index in [2.05, 4.69) is 75.5 Å². The first kappa shape index (κ1) is 60.2. The average Bonchev–Trinajstić information content (AvgIpc) is 4.08. The van der Waals surface area contributed by atoms with Gasteiger partial charge in [-0.05, 0) is 240 Å². The molecule has 12 heteroatoms. The fraction of sp³-hybridized carbons (Fsp3) is 0.892. The second kappa shape index (κ2) is 21.0. The van der Waals surface area contributed by atoms with E-state index in [0.717, 1.165) is 77.0 Å². The van der Waals surface area contributed by atoms with Crippen LogP contribution in [0.3, 0.4) is 0 Å². The molecule has 11 unspecified atom stereocenters. The number of aliphatic hydroxyl groups is 4. The molecule has 77 heavy (non-hydrogen) atoms. The van der Waals surface area contributed by atoms with Crippen LogP contribution in [0.1, 0.15) is 204 Å². The first-order valence-corrected chi connectivity index (χ1v) is 31.1. The van der Waals surface area contributed by atoms with Crippen LogP contribution in [-0.2, 0) is 14.3 Å². The van der Waals surface area contributed by atoms with E-state index in [1.54, 1.807) is 5.57 Å². The van der Waals surface area contributed by atoms with E-state index in [-0.39, 0.29) is 82.0 Å². The number of hydrogen-bond donors (Lipinski definition) is 8. The lowest BCUT2D eigenvalue weighted by molar-refractivity contribution is -0.210. The molecule has 0 aromatic heterocycles. The third kappa shape index (κ3) is 9.68. The Labute approximate surface area is 471 Å². The molecule has 1 saturated heterocycles. The fourth-order valence-electron chi connectivity index (χ4n) is 22.1. The van der Waals surface area contributed by atoms with Gasteiger partial charge in [0.05, 0.1) is 36.6 Å². The molecule has 0 aromatic carbocycles. The Morgan fingerprint density at radius 1 is 0.494 bits per heavy atom. The first-order chi connectivity index (χ1) is 35.4. The molecule has 0 spiro atoms. The number of aliphatic carboxylic acids is 1. The zero-order chi connectivity index (χ0) is 55.2. The molecular weight excluding hydrogens is 986 g/mol. The van der Waals surface area contributed by atoms with Crippen LogP contribution in [0.2, 0.25) is 0 Å². The highest BCUT2D eigenvalue weighted by atomic mass is 35.5. The van der Waals surface area contributed by atoms with E-state index in [4.69, 9.17) is 36.6 Å². The summed E-state index contributed by atoms with van der Waals surface area (Å²) in [7, 11) is 0. The smallest absolute Gasteiger partial charge is 0.300 e. The highest BCUT2D eigenvalue weighted by Gasteiger charge is 2.69. The lowest BCUT2D eigenvalue weighted by Crippen LogP contribution is -2.64. The minimum atomic E-state index is -0.833. The molecule has 0 bridgehead atoms. The van der Waals surface area contributed by atoms with Gasteiger partial charge in [0, 0.05) is 31.0 Å². The molecular formula is C65H108ClN3O8. The Bertz CT molecular complexity index is 2270. The number of carboxylic acids is 1. The highest BCUT2D eigenvalue weighted by molar-refractivity contribution is 5.85. The van der Waals surface area contributed by atoms with Crippen molar-refractivity contribution in [3.05, 3.63) is 35.5 Å². The summed E-state index contributed by atoms with van der Waals surface area (Å²) in [4.78, 5) is 9.00. The summed E-state index contributed by atoms with van der Waals surface area (Å²) >= 11 is 0. The largest absolute Gasteiger partial charge is 0.481 e. The third-order valence-electron chi connectivity index (χ3n) is 26.5. The van der Waals surface area contributed by atoms with E-state index in [9.17, 15) is 20.4 Å². The normalized spacial score (nSPS) is 53.1. The van der Waals surface area contributed by atoms with Crippen molar-refractivity contribution in [1.29, 1.82) is 0 Å². The van der Waals surface area contributed by atoms with Gasteiger partial charge in [0.15, 0.2) is 5.79 Å². The summed E-state index contributed by atoms with van der Waals surface area (Å²) in [5.41, 5.74) is 26.2. The first-order valence-electron chi connectivity index (χ1n) is 31.1. The number of allylic oxidation sites excluding steroid dienone is 3. The topological polar surface area (TPSA) is 215 Å². The summed E-state index contributed by atoms with van der Waals surface area (Å²) < 4.78 is 13.2. The van der Waals surface area contributed by atoms with Crippen molar-refractivity contribution in [3.63, 3.8) is 0 Å². The van der Waals surface area contributed by atoms with Gasteiger partial charge in [-0.1, -0.05) is 83.9 Å². The SMILES string of the molecule is C=C1CCC2C3C(CC[C@]12C)[C@@]1(C)CC[C@H](N)CC1[C@@H](O)[C@@H]3O.C=C1CCC2C3C(CC[C@]12C)[C@@]1(C)CC[C@H](N)CC1[C@H]1OC(C)(C)O[C@H]31.CC(=O)O.CC1(C)CCC2=C1CCC1C2[C@@H](O)[C@H](O)C2C[C@@H](N)CC[C@]12C.Cl. The molecule has 1 aliphatic heterocycles. The van der Waals surface area contributed by atoms with Crippen LogP contribution < -0.4 is 17.2 Å². The molecule has 12 aliphatic carbocycles. The summed E-state index contributed by atoms with van der Waals surface area (Å²) in [5, 5.41) is 51.3. The fourth-order valence-corrected chi connectivity index (χ4v) is 22.1. The minimum absolute atomic E-state index is 0. The van der Waals surface area contributed by atoms with Gasteiger partial charge in [0.25, 0.3) is 5.97 Å². The van der Waals surface area contributed by atoms with Crippen molar-refractivity contribution >= 4 is 18.4 Å². The molecule has 438 valence electrons. The summed E-state index contributed by atoms with van der Waals surface area (Å²) in [6, 6.07) is 0.708. The molecule has 0 radical (unpaired) electrons. The zero-order valence-electron chi connectivity index (χ0n) is 49.4. The lowest BCUT2D eigenvalue weighted by atomic mass is 9.43. The average molecular weight is 1100 g/mol. The predicted octanol–water partition coefficient (Wildman–Crippen LogP) is 11.0. The minimum Gasteiger partial charge on any atom is -0.481 e. The van der Waals surface area contributed by atoms with Gasteiger partial charge in [-0.15, -0.1) is 12.4 Å². The maximum atomic E-state index is 11.0. The van der Waals surface area contributed by atoms with E-state index < -0.39 is 36.2 Å². The summed E-state index contributed by atoms with van der Waals surface area (Å²) in [6.07, 6.45) is 22.1. The van der Waals surface area contributed by atoms with Crippen LogP contribution in [0.5, 0.6) is 0 Å². The van der Waals surface area contributed by atoms with Crippen LogP contribution in [0.25, 0.3) is 0 Å². The quantitative estimate of drug-likeness (QED) is 0.107. The van der Waals surface area contributed by atoms with Gasteiger partial charge in [-0.3, -0.25) is 4.79 Å². The number of rotatable bonds is 0. The monoisotopic (exact) mass is 1090 g/mol. The van der Waals surface area contributed by atoms with Gasteiger partial charge < -0.3 is 52.2 Å². The van der Waals surface area contributed by atoms with Gasteiger partial charge in [0.1, 0.15) is 0 Å². The van der Waals surface area contributed by atoms with Crippen molar-refractivity contribution in [2.24, 2.45) is 115 Å². The van der Waals surface area contributed by atoms with Crippen LogP contribution in [0.4, 0.5) is 0 Å². The van der Waals surface area contributed by atoms with Gasteiger partial charge >= 0.3 is 0 Å². The van der Waals surface area contributed by atoms with Crippen molar-refractivity contribution < 1.29 is 39.8 Å². The number of aliphatic hydroxyl groups excluding tert-OH is 4. The Balaban J connectivity index is 0.000000135. The van der Waals surface area contributed by atoms with Crippen molar-refractivity contribution in [1.82, 2.24) is 0 Å². The Morgan fingerprint density at radius 2 is 0.909 bits per heavy atom. The van der Waals surface area contributed by atoms with E-state index in [1.165, 1.54) is 87.3 Å². The zero-order valence-corrected chi connectivity index (χ0v) is 50.2.